The highest BCUT2D eigenvalue weighted by atomic mass is 32.1. The van der Waals surface area contributed by atoms with E-state index in [1.807, 2.05) is 42.9 Å². The van der Waals surface area contributed by atoms with E-state index in [0.717, 1.165) is 55.6 Å². The molecule has 0 radical (unpaired) electrons. The third-order valence-electron chi connectivity index (χ3n) is 5.81. The molecule has 9 heteroatoms. The first-order valence-electron chi connectivity index (χ1n) is 10.9. The summed E-state index contributed by atoms with van der Waals surface area (Å²) in [6.45, 7) is 1.92. The second-order valence-corrected chi connectivity index (χ2v) is 8.82. The number of nitrogens with zero attached hydrogens (tertiary/aromatic N) is 4. The number of hydrogen-bond acceptors (Lipinski definition) is 7. The Balaban J connectivity index is 1.43. The fourth-order valence-electron chi connectivity index (χ4n) is 4.02. The monoisotopic (exact) mass is 467 g/mol. The Morgan fingerprint density at radius 2 is 1.91 bits per heavy atom. The number of H-pyrrole nitrogens is 2. The van der Waals surface area contributed by atoms with E-state index in [0.29, 0.717) is 12.2 Å². The predicted octanol–water partition coefficient (Wildman–Crippen LogP) is 5.43. The molecule has 0 saturated carbocycles. The summed E-state index contributed by atoms with van der Waals surface area (Å²) in [5, 5.41) is 25.7. The van der Waals surface area contributed by atoms with Crippen LogP contribution in [0.15, 0.2) is 65.9 Å². The van der Waals surface area contributed by atoms with Gasteiger partial charge in [0.25, 0.3) is 0 Å². The molecule has 0 aliphatic rings. The first-order chi connectivity index (χ1) is 16.7. The van der Waals surface area contributed by atoms with E-state index >= 15 is 0 Å². The van der Waals surface area contributed by atoms with Gasteiger partial charge >= 0.3 is 0 Å². The number of thiophene rings is 1. The second kappa shape index (κ2) is 8.36. The van der Waals surface area contributed by atoms with Crippen molar-refractivity contribution in [2.75, 3.05) is 5.32 Å². The quantitative estimate of drug-likeness (QED) is 0.243. The molecule has 0 amide bonds. The summed E-state index contributed by atoms with van der Waals surface area (Å²) < 4.78 is 0. The van der Waals surface area contributed by atoms with Crippen LogP contribution in [0.25, 0.3) is 55.7 Å². The fraction of sp³-hybridized carbons (Fsp3) is 0.120. The maximum atomic E-state index is 9.92. The number of aliphatic hydroxyl groups is 1. The average molecular weight is 468 g/mol. The molecule has 0 bridgehead atoms. The van der Waals surface area contributed by atoms with Crippen molar-refractivity contribution in [3.63, 3.8) is 0 Å². The SMILES string of the molecule is CCC(O)Nc1cncc(-c2ccc3[nH]nc(-c4nc5c(-c6ccsc6)cncc5[nH]4)c3c2)c1. The van der Waals surface area contributed by atoms with Crippen LogP contribution in [-0.2, 0) is 0 Å². The molecule has 1 aromatic carbocycles. The van der Waals surface area contributed by atoms with E-state index in [9.17, 15) is 5.11 Å². The van der Waals surface area contributed by atoms with Crippen LogP contribution < -0.4 is 5.32 Å². The molecule has 5 aromatic heterocycles. The van der Waals surface area contributed by atoms with Gasteiger partial charge < -0.3 is 15.4 Å². The Kier molecular flexibility index (Phi) is 5.05. The highest BCUT2D eigenvalue weighted by Gasteiger charge is 2.16. The topological polar surface area (TPSA) is 115 Å². The van der Waals surface area contributed by atoms with Crippen molar-refractivity contribution in [3.8, 4) is 33.8 Å². The lowest BCUT2D eigenvalue weighted by Gasteiger charge is -2.12. The number of rotatable bonds is 6. The summed E-state index contributed by atoms with van der Waals surface area (Å²) in [6, 6.07) is 10.2. The third kappa shape index (κ3) is 3.60. The molecule has 8 nitrogen and oxygen atoms in total. The van der Waals surface area contributed by atoms with Crippen LogP contribution in [0.3, 0.4) is 0 Å². The maximum absolute atomic E-state index is 9.92. The van der Waals surface area contributed by atoms with Crippen molar-refractivity contribution in [2.24, 2.45) is 0 Å². The molecule has 0 saturated heterocycles. The van der Waals surface area contributed by atoms with Gasteiger partial charge in [-0.05, 0) is 52.6 Å². The van der Waals surface area contributed by atoms with Gasteiger partial charge in [-0.2, -0.15) is 16.4 Å². The molecule has 6 aromatic rings. The lowest BCUT2D eigenvalue weighted by molar-refractivity contribution is 0.199. The van der Waals surface area contributed by atoms with E-state index in [-0.39, 0.29) is 0 Å². The van der Waals surface area contributed by atoms with Crippen molar-refractivity contribution < 1.29 is 5.11 Å². The van der Waals surface area contributed by atoms with E-state index in [1.165, 1.54) is 0 Å². The van der Waals surface area contributed by atoms with Gasteiger partial charge in [0, 0.05) is 28.9 Å². The summed E-state index contributed by atoms with van der Waals surface area (Å²) in [5.41, 5.74) is 8.19. The van der Waals surface area contributed by atoms with Crippen LogP contribution in [0, 0.1) is 0 Å². The van der Waals surface area contributed by atoms with E-state index < -0.39 is 6.23 Å². The molecular formula is C25H21N7OS. The first-order valence-corrected chi connectivity index (χ1v) is 11.9. The Morgan fingerprint density at radius 3 is 2.76 bits per heavy atom. The van der Waals surface area contributed by atoms with Gasteiger partial charge in [0.2, 0.25) is 0 Å². The summed E-state index contributed by atoms with van der Waals surface area (Å²) in [4.78, 5) is 17.0. The van der Waals surface area contributed by atoms with Crippen LogP contribution in [0.2, 0.25) is 0 Å². The number of fused-ring (bicyclic) bond motifs is 2. The molecular weight excluding hydrogens is 446 g/mol. The van der Waals surface area contributed by atoms with Crippen LogP contribution in [0.5, 0.6) is 0 Å². The molecule has 34 heavy (non-hydrogen) atoms. The second-order valence-electron chi connectivity index (χ2n) is 8.04. The molecule has 0 aliphatic heterocycles. The minimum Gasteiger partial charge on any atom is -0.374 e. The lowest BCUT2D eigenvalue weighted by atomic mass is 10.0. The molecule has 1 unspecified atom stereocenters. The number of benzene rings is 1. The molecule has 4 N–H and O–H groups in total. The number of pyridine rings is 2. The van der Waals surface area contributed by atoms with Gasteiger partial charge in [-0.3, -0.25) is 15.1 Å². The number of hydrogen-bond donors (Lipinski definition) is 4. The largest absolute Gasteiger partial charge is 0.374 e. The van der Waals surface area contributed by atoms with Crippen molar-refractivity contribution in [1.29, 1.82) is 0 Å². The summed E-state index contributed by atoms with van der Waals surface area (Å²) in [6.07, 6.45) is 7.15. The molecule has 1 atom stereocenters. The molecule has 6 rings (SSSR count). The van der Waals surface area contributed by atoms with E-state index in [1.54, 1.807) is 23.7 Å². The van der Waals surface area contributed by atoms with Crippen LogP contribution in [0.1, 0.15) is 13.3 Å². The minimum absolute atomic E-state index is 0.607. The standard InChI is InChI=1S/C25H21N7OS/c1-2-22(33)28-17-7-16(9-26-10-17)14-3-4-20-18(8-14)24(32-31-20)25-29-21-12-27-11-19(23(21)30-25)15-5-6-34-13-15/h3-13,22,28,33H,2H2,1H3,(H,29,30)(H,31,32). The Morgan fingerprint density at radius 1 is 1.00 bits per heavy atom. The Bertz CT molecular complexity index is 1600. The molecule has 168 valence electrons. The minimum atomic E-state index is -0.610. The van der Waals surface area contributed by atoms with Gasteiger partial charge in [0.1, 0.15) is 17.4 Å². The highest BCUT2D eigenvalue weighted by molar-refractivity contribution is 7.08. The molecule has 5 heterocycles. The Hall–Kier alpha value is -4.08. The smallest absolute Gasteiger partial charge is 0.159 e. The molecule has 0 spiro atoms. The van der Waals surface area contributed by atoms with Gasteiger partial charge in [-0.1, -0.05) is 13.0 Å². The van der Waals surface area contributed by atoms with Crippen LogP contribution in [0.4, 0.5) is 5.69 Å². The molecule has 0 aliphatic carbocycles. The van der Waals surface area contributed by atoms with Gasteiger partial charge in [0.05, 0.1) is 29.1 Å². The molecule has 0 fully saturated rings. The summed E-state index contributed by atoms with van der Waals surface area (Å²) >= 11 is 1.65. The highest BCUT2D eigenvalue weighted by Crippen LogP contribution is 2.33. The van der Waals surface area contributed by atoms with Crippen molar-refractivity contribution >= 4 is 39.0 Å². The van der Waals surface area contributed by atoms with E-state index in [4.69, 9.17) is 4.98 Å². The zero-order valence-corrected chi connectivity index (χ0v) is 19.1. The predicted molar refractivity (Wildman–Crippen MR) is 135 cm³/mol. The van der Waals surface area contributed by atoms with Crippen LogP contribution in [-0.4, -0.2) is 41.5 Å². The van der Waals surface area contributed by atoms with Gasteiger partial charge in [0.15, 0.2) is 5.82 Å². The van der Waals surface area contributed by atoms with Crippen LogP contribution >= 0.6 is 11.3 Å². The van der Waals surface area contributed by atoms with Gasteiger partial charge in [-0.25, -0.2) is 4.98 Å². The van der Waals surface area contributed by atoms with Crippen molar-refractivity contribution in [3.05, 3.63) is 65.9 Å². The van der Waals surface area contributed by atoms with Gasteiger partial charge in [-0.15, -0.1) is 0 Å². The third-order valence-corrected chi connectivity index (χ3v) is 6.49. The fourth-order valence-corrected chi connectivity index (χ4v) is 4.68. The Labute approximate surface area is 198 Å². The van der Waals surface area contributed by atoms with E-state index in [2.05, 4.69) is 48.0 Å². The number of imidazole rings is 1. The number of anilines is 1. The summed E-state index contributed by atoms with van der Waals surface area (Å²) in [7, 11) is 0. The maximum Gasteiger partial charge on any atom is 0.159 e. The average Bonchev–Trinajstić information content (AvgIpc) is 3.62. The first kappa shape index (κ1) is 20.5. The zero-order chi connectivity index (χ0) is 23.1. The number of nitrogens with one attached hydrogen (secondary N) is 3. The number of aromatic nitrogens is 6. The zero-order valence-electron chi connectivity index (χ0n) is 18.3. The van der Waals surface area contributed by atoms with Crippen molar-refractivity contribution in [2.45, 2.75) is 19.6 Å². The van der Waals surface area contributed by atoms with Crippen molar-refractivity contribution in [1.82, 2.24) is 30.1 Å². The normalized spacial score (nSPS) is 12.4. The lowest BCUT2D eigenvalue weighted by Crippen LogP contribution is -2.16. The number of aliphatic hydroxyl groups excluding tert-OH is 1. The summed E-state index contributed by atoms with van der Waals surface area (Å²) in [5.74, 6) is 0.683. The number of aromatic amines is 2.